The molecule has 0 fully saturated rings. The maximum atomic E-state index is 12.9. The molecule has 4 aromatic rings. The second kappa shape index (κ2) is 9.68. The van der Waals surface area contributed by atoms with Gasteiger partial charge in [-0.15, -0.1) is 0 Å². The Balaban J connectivity index is 1.28. The Morgan fingerprint density at radius 1 is 0.857 bits per heavy atom. The van der Waals surface area contributed by atoms with E-state index in [1.165, 1.54) is 4.68 Å². The first-order valence-corrected chi connectivity index (χ1v) is 11.1. The first-order valence-electron chi connectivity index (χ1n) is 11.1. The third kappa shape index (κ3) is 4.84. The predicted molar refractivity (Wildman–Crippen MR) is 128 cm³/mol. The molecule has 2 heterocycles. The van der Waals surface area contributed by atoms with Crippen LogP contribution < -0.4 is 25.9 Å². The van der Waals surface area contributed by atoms with Crippen molar-refractivity contribution in [2.24, 2.45) is 0 Å². The number of amides is 2. The van der Waals surface area contributed by atoms with Gasteiger partial charge in [0, 0.05) is 11.8 Å². The molecule has 35 heavy (non-hydrogen) atoms. The molecule has 3 aromatic carbocycles. The summed E-state index contributed by atoms with van der Waals surface area (Å²) in [7, 11) is 0. The fourth-order valence-electron chi connectivity index (χ4n) is 3.87. The van der Waals surface area contributed by atoms with Crippen molar-refractivity contribution in [2.45, 2.75) is 19.4 Å². The maximum absolute atomic E-state index is 12.9. The average Bonchev–Trinajstić information content (AvgIpc) is 3.36. The number of rotatable bonds is 6. The van der Waals surface area contributed by atoms with Crippen LogP contribution >= 0.6 is 0 Å². The molecule has 9 heteroatoms. The summed E-state index contributed by atoms with van der Waals surface area (Å²) < 4.78 is 11.9. The first kappa shape index (κ1) is 22.1. The van der Waals surface area contributed by atoms with E-state index in [9.17, 15) is 14.4 Å². The number of aromatic nitrogens is 2. The molecule has 0 aliphatic carbocycles. The maximum Gasteiger partial charge on any atom is 0.290 e. The van der Waals surface area contributed by atoms with Gasteiger partial charge in [-0.3, -0.25) is 25.2 Å². The number of carbonyl (C=O) groups excluding carboxylic acids is 2. The molecular weight excluding hydrogens is 448 g/mol. The van der Waals surface area contributed by atoms with Crippen LogP contribution in [0.4, 0.5) is 0 Å². The highest BCUT2D eigenvalue weighted by molar-refractivity contribution is 6.05. The van der Waals surface area contributed by atoms with Gasteiger partial charge in [-0.1, -0.05) is 54.6 Å². The molecule has 2 N–H and O–H groups in total. The van der Waals surface area contributed by atoms with E-state index in [0.29, 0.717) is 28.7 Å². The van der Waals surface area contributed by atoms with Crippen LogP contribution in [-0.4, -0.2) is 28.4 Å². The van der Waals surface area contributed by atoms with E-state index < -0.39 is 5.91 Å². The Kier molecular flexibility index (Phi) is 6.13. The molecule has 176 valence electrons. The van der Waals surface area contributed by atoms with Gasteiger partial charge in [-0.05, 0) is 35.7 Å². The Labute approximate surface area is 200 Å². The summed E-state index contributed by atoms with van der Waals surface area (Å²) in [6.07, 6.45) is 0.614. The summed E-state index contributed by atoms with van der Waals surface area (Å²) >= 11 is 0. The minimum atomic E-state index is -0.612. The molecule has 5 rings (SSSR count). The van der Waals surface area contributed by atoms with E-state index in [2.05, 4.69) is 16.0 Å². The number of benzene rings is 3. The summed E-state index contributed by atoms with van der Waals surface area (Å²) in [5, 5.41) is 5.10. The highest BCUT2D eigenvalue weighted by Crippen LogP contribution is 2.32. The molecule has 0 spiro atoms. The molecule has 1 aliphatic heterocycles. The van der Waals surface area contributed by atoms with Crippen LogP contribution in [0.1, 0.15) is 28.0 Å². The highest BCUT2D eigenvalue weighted by Gasteiger charge is 2.18. The lowest BCUT2D eigenvalue weighted by molar-refractivity contribution is -0.121. The van der Waals surface area contributed by atoms with E-state index in [1.54, 1.807) is 30.3 Å². The number of hydrazine groups is 1. The quantitative estimate of drug-likeness (QED) is 0.419. The van der Waals surface area contributed by atoms with Gasteiger partial charge in [0.2, 0.25) is 12.7 Å². The van der Waals surface area contributed by atoms with Crippen LogP contribution in [-0.2, 0) is 17.8 Å². The average molecular weight is 470 g/mol. The summed E-state index contributed by atoms with van der Waals surface area (Å²) in [6, 6.07) is 21.7. The molecule has 0 saturated carbocycles. The SMILES string of the molecule is O=C(CCc1ccc2c(c1)OCO2)NNC(=O)c1nn(Cc2ccccc2)c(=O)c2ccccc12. The van der Waals surface area contributed by atoms with Gasteiger partial charge >= 0.3 is 0 Å². The van der Waals surface area contributed by atoms with Crippen LogP contribution in [0.3, 0.4) is 0 Å². The molecular formula is C26H22N4O5. The molecule has 0 bridgehead atoms. The standard InChI is InChI=1S/C26H22N4O5/c31-23(13-11-17-10-12-21-22(14-17)35-16-34-21)27-28-25(32)24-19-8-4-5-9-20(19)26(33)30(29-24)15-18-6-2-1-3-7-18/h1-10,12,14H,11,13,15-16H2,(H,27,31)(H,28,32). The van der Waals surface area contributed by atoms with E-state index in [4.69, 9.17) is 9.47 Å². The van der Waals surface area contributed by atoms with Crippen molar-refractivity contribution in [1.82, 2.24) is 20.6 Å². The van der Waals surface area contributed by atoms with E-state index in [0.717, 1.165) is 11.1 Å². The van der Waals surface area contributed by atoms with Crippen LogP contribution in [0.5, 0.6) is 11.5 Å². The van der Waals surface area contributed by atoms with Gasteiger partial charge in [0.05, 0.1) is 11.9 Å². The zero-order valence-corrected chi connectivity index (χ0v) is 18.7. The lowest BCUT2D eigenvalue weighted by atomic mass is 10.1. The molecule has 0 radical (unpaired) electrons. The van der Waals surface area contributed by atoms with Gasteiger partial charge in [-0.2, -0.15) is 5.10 Å². The van der Waals surface area contributed by atoms with Gasteiger partial charge in [0.1, 0.15) is 0 Å². The van der Waals surface area contributed by atoms with Crippen molar-refractivity contribution in [3.63, 3.8) is 0 Å². The first-order chi connectivity index (χ1) is 17.1. The Hall–Kier alpha value is -4.66. The predicted octanol–water partition coefficient (Wildman–Crippen LogP) is 2.57. The van der Waals surface area contributed by atoms with Gasteiger partial charge in [0.15, 0.2) is 17.2 Å². The molecule has 1 aromatic heterocycles. The minimum Gasteiger partial charge on any atom is -0.454 e. The number of carbonyl (C=O) groups is 2. The van der Waals surface area contributed by atoms with Crippen molar-refractivity contribution < 1.29 is 19.1 Å². The number of aryl methyl sites for hydroxylation is 1. The normalized spacial score (nSPS) is 11.9. The summed E-state index contributed by atoms with van der Waals surface area (Å²) in [5.74, 6) is 0.357. The van der Waals surface area contributed by atoms with Crippen molar-refractivity contribution in [1.29, 1.82) is 0 Å². The molecule has 1 aliphatic rings. The minimum absolute atomic E-state index is 0.0483. The summed E-state index contributed by atoms with van der Waals surface area (Å²) in [4.78, 5) is 38.2. The van der Waals surface area contributed by atoms with Crippen molar-refractivity contribution in [3.05, 3.63) is 100.0 Å². The van der Waals surface area contributed by atoms with Gasteiger partial charge < -0.3 is 9.47 Å². The number of ether oxygens (including phenoxy) is 2. The van der Waals surface area contributed by atoms with Crippen LogP contribution in [0.15, 0.2) is 77.6 Å². The van der Waals surface area contributed by atoms with E-state index in [-0.39, 0.29) is 36.9 Å². The van der Waals surface area contributed by atoms with Crippen molar-refractivity contribution in [2.75, 3.05) is 6.79 Å². The van der Waals surface area contributed by atoms with Crippen LogP contribution in [0, 0.1) is 0 Å². The van der Waals surface area contributed by atoms with Gasteiger partial charge in [-0.25, -0.2) is 4.68 Å². The monoisotopic (exact) mass is 470 g/mol. The molecule has 0 atom stereocenters. The second-order valence-electron chi connectivity index (χ2n) is 8.03. The number of hydrogen-bond acceptors (Lipinski definition) is 6. The Bertz CT molecular complexity index is 1470. The van der Waals surface area contributed by atoms with Crippen molar-refractivity contribution >= 4 is 22.6 Å². The molecule has 0 saturated heterocycles. The fraction of sp³-hybridized carbons (Fsp3) is 0.154. The number of nitrogens with zero attached hydrogens (tertiary/aromatic N) is 2. The van der Waals surface area contributed by atoms with E-state index in [1.807, 2.05) is 42.5 Å². The molecule has 0 unspecified atom stereocenters. The smallest absolute Gasteiger partial charge is 0.290 e. The molecule has 9 nitrogen and oxygen atoms in total. The second-order valence-corrected chi connectivity index (χ2v) is 8.03. The van der Waals surface area contributed by atoms with Crippen LogP contribution in [0.25, 0.3) is 10.8 Å². The zero-order chi connectivity index (χ0) is 24.2. The number of nitrogens with one attached hydrogen (secondary N) is 2. The third-order valence-electron chi connectivity index (χ3n) is 5.65. The third-order valence-corrected chi connectivity index (χ3v) is 5.65. The Morgan fingerprint density at radius 3 is 2.43 bits per heavy atom. The number of fused-ring (bicyclic) bond motifs is 2. The summed E-state index contributed by atoms with van der Waals surface area (Å²) in [6.45, 7) is 0.402. The largest absolute Gasteiger partial charge is 0.454 e. The lowest BCUT2D eigenvalue weighted by Crippen LogP contribution is -2.43. The van der Waals surface area contributed by atoms with Crippen LogP contribution in [0.2, 0.25) is 0 Å². The van der Waals surface area contributed by atoms with Gasteiger partial charge in [0.25, 0.3) is 11.5 Å². The zero-order valence-electron chi connectivity index (χ0n) is 18.7. The fourth-order valence-corrected chi connectivity index (χ4v) is 3.87. The summed E-state index contributed by atoms with van der Waals surface area (Å²) in [5.41, 5.74) is 6.39. The Morgan fingerprint density at radius 2 is 1.60 bits per heavy atom. The lowest BCUT2D eigenvalue weighted by Gasteiger charge is -2.12. The molecule has 2 amide bonds. The number of hydrogen-bond donors (Lipinski definition) is 2. The topological polar surface area (TPSA) is 112 Å². The van der Waals surface area contributed by atoms with Crippen molar-refractivity contribution in [3.8, 4) is 11.5 Å². The highest BCUT2D eigenvalue weighted by atomic mass is 16.7. The van der Waals surface area contributed by atoms with E-state index >= 15 is 0 Å².